The Labute approximate surface area is 724 Å². The van der Waals surface area contributed by atoms with Crippen molar-refractivity contribution in [2.24, 2.45) is 41.4 Å². The van der Waals surface area contributed by atoms with Crippen molar-refractivity contribution in [3.63, 3.8) is 0 Å². The quantitative estimate of drug-likeness (QED) is 0.0369. The molecule has 19 nitrogen and oxygen atoms in total. The molecule has 8 fully saturated rings. The first kappa shape index (κ1) is 110. The molecule has 603 valence electrons. The summed E-state index contributed by atoms with van der Waals surface area (Å²) in [5.74, 6) is 15.2. The molecule has 106 heavy (non-hydrogen) atoms. The van der Waals surface area contributed by atoms with Crippen LogP contribution in [0.15, 0.2) is 30.5 Å². The number of hydrogen-bond acceptors (Lipinski definition) is 19. The number of allylic oxidation sites excluding steroid dienone is 3. The third-order valence-corrected chi connectivity index (χ3v) is 22.6. The van der Waals surface area contributed by atoms with Crippen LogP contribution in [0.3, 0.4) is 0 Å². The summed E-state index contributed by atoms with van der Waals surface area (Å²) < 4.78 is 63.8. The fourth-order valence-corrected chi connectivity index (χ4v) is 17.2. The number of fused-ring (bicyclic) bond motifs is 3. The monoisotopic (exact) mass is 2030 g/mol. The van der Waals surface area contributed by atoms with Gasteiger partial charge in [0.1, 0.15) is 18.5 Å². The molecule has 0 aromatic heterocycles. The molecular weight excluding hydrogens is 1910 g/mol. The van der Waals surface area contributed by atoms with Crippen LogP contribution >= 0.6 is 119 Å². The minimum atomic E-state index is -0.979. The summed E-state index contributed by atoms with van der Waals surface area (Å²) in [4.78, 5) is 74.4. The van der Waals surface area contributed by atoms with Crippen LogP contribution in [-0.2, 0) is 118 Å². The number of aliphatic hydroxyl groups is 1. The number of carbonyl (C=O) groups excluding carboxylic acids is 8. The number of rotatable bonds is 21. The van der Waals surface area contributed by atoms with E-state index in [2.05, 4.69) is 207 Å². The Balaban J connectivity index is -0.00000131. The van der Waals surface area contributed by atoms with Crippen LogP contribution in [0.5, 0.6) is 0 Å². The van der Waals surface area contributed by atoms with Gasteiger partial charge in [0, 0.05) is 90.0 Å². The molecule has 23 atom stereocenters. The Morgan fingerprint density at radius 3 is 1.24 bits per heavy atom. The summed E-state index contributed by atoms with van der Waals surface area (Å²) in [5, 5.41) is 10.5. The first-order valence-electron chi connectivity index (χ1n) is 35.7. The first-order valence-corrected chi connectivity index (χ1v) is 41.0. The number of Topliss-reactive ketones (excluding diaryl/α,β-unsaturated/α-hetero) is 1. The van der Waals surface area contributed by atoms with E-state index < -0.39 is 23.8 Å². The normalized spacial score (nSPS) is 30.8. The predicted molar refractivity (Wildman–Crippen MR) is 438 cm³/mol. The van der Waals surface area contributed by atoms with Gasteiger partial charge in [0.05, 0.1) is 93.6 Å². The molecule has 8 aliphatic heterocycles. The zero-order valence-corrected chi connectivity index (χ0v) is 74.6. The van der Waals surface area contributed by atoms with Crippen molar-refractivity contribution in [2.45, 2.75) is 327 Å². The number of aldehydes is 1. The predicted octanol–water partition coefficient (Wildman–Crippen LogP) is 17.7. The number of aliphatic hydroxyl groups excluding tert-OH is 1. The van der Waals surface area contributed by atoms with Gasteiger partial charge in [-0.2, -0.15) is 28.8 Å². The van der Waals surface area contributed by atoms with E-state index in [9.17, 15) is 14.7 Å². The van der Waals surface area contributed by atoms with Gasteiger partial charge in [-0.3, -0.25) is 4.79 Å². The number of ketones is 1. The van der Waals surface area contributed by atoms with E-state index in [4.69, 9.17) is 111 Å². The number of halogens is 7. The molecule has 1 radical (unpaired) electrons. The minimum absolute atomic E-state index is 0. The Morgan fingerprint density at radius 2 is 0.877 bits per heavy atom. The van der Waals surface area contributed by atoms with Gasteiger partial charge in [-0.05, 0) is 253 Å². The van der Waals surface area contributed by atoms with Crippen molar-refractivity contribution < 1.29 is 124 Å². The fourth-order valence-electron chi connectivity index (χ4n) is 13.7. The maximum absolute atomic E-state index is 12.0. The summed E-state index contributed by atoms with van der Waals surface area (Å²) in [7, 11) is 0. The molecule has 0 aliphatic carbocycles. The van der Waals surface area contributed by atoms with Crippen LogP contribution < -0.4 is 0 Å². The molecule has 1 N–H and O–H groups in total. The largest absolute Gasteiger partial charge is 0.378 e. The first-order chi connectivity index (χ1) is 48.5. The molecule has 0 unspecified atom stereocenters. The summed E-state index contributed by atoms with van der Waals surface area (Å²) >= 11 is 28.6. The average Bonchev–Trinajstić information content (AvgIpc) is 0.795. The average molecular weight is 2030 g/mol. The molecule has 27 heteroatoms. The van der Waals surface area contributed by atoms with Crippen LogP contribution in [0.2, 0.25) is 0 Å². The topological polar surface area (TPSA) is 249 Å². The van der Waals surface area contributed by atoms with Crippen LogP contribution in [0.4, 0.5) is 0 Å². The van der Waals surface area contributed by atoms with Gasteiger partial charge in [-0.25, -0.2) is 0 Å². The second kappa shape index (κ2) is 60.2. The molecule has 0 aromatic rings. The summed E-state index contributed by atoms with van der Waals surface area (Å²) in [6, 6.07) is 0. The van der Waals surface area contributed by atoms with E-state index in [0.29, 0.717) is 88.2 Å². The van der Waals surface area contributed by atoms with Crippen LogP contribution in [0.25, 0.3) is 0 Å². The van der Waals surface area contributed by atoms with E-state index in [1.807, 2.05) is 0 Å². The van der Waals surface area contributed by atoms with E-state index in [1.54, 1.807) is 0 Å². The van der Waals surface area contributed by atoms with Gasteiger partial charge in [0.25, 0.3) is 0 Å². The molecule has 8 rings (SSSR count). The molecule has 0 spiro atoms. The molecule has 0 saturated carbocycles. The maximum Gasteiger partial charge on any atom is 0.373 e. The SMILES string of the molecule is C.C.C.C=C(I)C[C@H](Cl)CCC(=O)C#C[C@H](O)[C@@H]1O[C@H]2CC[C@H](CC)O[C@@H]2[C@H](C)[C@@H]1C.C=C(I)C[C@H](Cl)CCC1(C#CBr)OCCCO1.C=C(I)C[C@H](Cl)CCC1(C#C[C@H](C)[C@@H]2O[C@H]3CC[C@H](CC)O[C@@H]3[C@H](C)[C@@H]2C)OCCCO1.CC[C@H]1CC[C@@H]2O[C@@H](C=O)[C@@H](C)[C@@H](C)[C@H]2O1.O=C=O.O=C=O.O=C=O.[Y]. The maximum atomic E-state index is 12.0. The van der Waals surface area contributed by atoms with Crippen molar-refractivity contribution in [1.82, 2.24) is 0 Å². The van der Waals surface area contributed by atoms with Gasteiger partial charge in [0.15, 0.2) is 0 Å². The number of ether oxygens (including phenoxy) is 10. The summed E-state index contributed by atoms with van der Waals surface area (Å²) in [5.41, 5.74) is 0. The number of alkyl halides is 3. The van der Waals surface area contributed by atoms with Crippen molar-refractivity contribution in [3.8, 4) is 34.4 Å². The second-order valence-electron chi connectivity index (χ2n) is 27.2. The smallest absolute Gasteiger partial charge is 0.373 e. The van der Waals surface area contributed by atoms with E-state index in [0.717, 1.165) is 113 Å². The minimum Gasteiger partial charge on any atom is -0.378 e. The Kier molecular flexibility index (Phi) is 62.3. The van der Waals surface area contributed by atoms with Gasteiger partial charge in [-0.15, -0.1) is 34.8 Å². The van der Waals surface area contributed by atoms with Crippen molar-refractivity contribution >= 4 is 149 Å². The second-order valence-corrected chi connectivity index (χ2v) is 34.0. The standard InChI is InChI=1S/C26H40ClIO4.C22H32ClIO4.C13H22O3.C12H15BrClIO2.3CO2.3CH4.Y/c1-6-22-8-9-23-25(31-22)20(5)19(4)24(32-23)17(2)10-12-26(29-14-7-15-30-26)13-11-21(27)16-18(3)28;1-5-18-9-11-20-22(27-18)15(4)14(3)21(28-20)19(26)10-8-17(25)7-6-16(23)12-13(2)24;1-4-10-5-6-11-13(15-10)9(3)8(2)12(7-14)16-11;1-10(15)9-11(14)3-4-12(5-6-13)16-7-2-8-17-12;3*2-1-3;;;;/h17,19-25H,3,6-9,11,13-16H2,1-2,4-5H3;14-16,18-22,26H,2,5-7,9,11-12H2,1,3-4H3;7-13H,4-6H2,1-3H3;11H,1-4,7-9H2;;;;3*1H4;/t17-,19-,20+,21+,22-,23-,24-,25+;14-,15+,16+,18-,19-,20-,21+,22+;8-,9+,10-,11-,12-,13+;11-;;;;;;;/m0001......./s1. The fraction of sp³-hybridized carbons (Fsp3) is 0.785. The zero-order chi connectivity index (χ0) is 76.7. The molecule has 0 amide bonds. The van der Waals surface area contributed by atoms with E-state index >= 15 is 0 Å². The summed E-state index contributed by atoms with van der Waals surface area (Å²) in [6.45, 7) is 36.1. The molecule has 8 heterocycles. The van der Waals surface area contributed by atoms with Gasteiger partial charge < -0.3 is 57.3 Å². The van der Waals surface area contributed by atoms with E-state index in [1.165, 1.54) is 0 Å². The van der Waals surface area contributed by atoms with Crippen LogP contribution in [0, 0.1) is 75.9 Å². The van der Waals surface area contributed by atoms with Gasteiger partial charge in [-0.1, -0.05) is 116 Å². The van der Waals surface area contributed by atoms with Crippen LogP contribution in [-0.4, -0.2) is 169 Å². The van der Waals surface area contributed by atoms with Gasteiger partial charge >= 0.3 is 18.5 Å². The molecule has 8 saturated heterocycles. The molecule has 8 aliphatic rings. The van der Waals surface area contributed by atoms with Gasteiger partial charge in [0.2, 0.25) is 17.4 Å². The number of hydrogen-bond donors (Lipinski definition) is 1. The Hall–Kier alpha value is -0.416. The van der Waals surface area contributed by atoms with E-state index in [-0.39, 0.29) is 174 Å². The van der Waals surface area contributed by atoms with Crippen molar-refractivity contribution in [3.05, 3.63) is 30.5 Å². The zero-order valence-electron chi connectivity index (χ0n) is 61.5. The Morgan fingerprint density at radius 1 is 0.538 bits per heavy atom. The Bertz CT molecular complexity index is 2810. The molecule has 0 aromatic carbocycles. The summed E-state index contributed by atoms with van der Waals surface area (Å²) in [6.07, 6.45) is 19.2. The van der Waals surface area contributed by atoms with Crippen LogP contribution in [0.1, 0.15) is 220 Å². The number of carbonyl (C=O) groups is 2. The molecule has 0 bridgehead atoms. The van der Waals surface area contributed by atoms with Crippen molar-refractivity contribution in [2.75, 3.05) is 26.4 Å². The third kappa shape index (κ3) is 39.3. The third-order valence-electron chi connectivity index (χ3n) is 20.0. The van der Waals surface area contributed by atoms with Crippen molar-refractivity contribution in [1.29, 1.82) is 0 Å². The molecular formula is C79H121BrCl3I3O19Y.